The molecule has 3 rings (SSSR count). The molecule has 1 amide bonds. The van der Waals surface area contributed by atoms with Crippen LogP contribution in [0.2, 0.25) is 0 Å². The number of hydrogen-bond acceptors (Lipinski definition) is 5. The van der Waals surface area contributed by atoms with E-state index in [2.05, 4.69) is 27.6 Å². The molecule has 0 spiro atoms. The SMILES string of the molecule is C[C@H](Nc1ccncc1NC(=O)/C=C/c1cnn(C)c1)[C@H]1CCCO1. The van der Waals surface area contributed by atoms with Crippen LogP contribution >= 0.6 is 0 Å². The topological polar surface area (TPSA) is 81.1 Å². The minimum absolute atomic E-state index is 0.159. The van der Waals surface area contributed by atoms with Gasteiger partial charge in [0.05, 0.1) is 29.9 Å². The zero-order valence-electron chi connectivity index (χ0n) is 14.5. The molecule has 0 bridgehead atoms. The Morgan fingerprint density at radius 2 is 2.32 bits per heavy atom. The molecular formula is C18H23N5O2. The standard InChI is InChI=1S/C18H23N5O2/c1-13(17-4-3-9-25-17)21-15-7-8-19-11-16(15)22-18(24)6-5-14-10-20-23(2)12-14/h5-8,10-13,17H,3-4,9H2,1-2H3,(H,19,21)(H,22,24)/b6-5+/t13-,17+/m0/s1. The number of aryl methyl sites for hydroxylation is 1. The van der Waals surface area contributed by atoms with Crippen molar-refractivity contribution in [1.82, 2.24) is 14.8 Å². The predicted octanol–water partition coefficient (Wildman–Crippen LogP) is 2.45. The zero-order valence-corrected chi connectivity index (χ0v) is 14.5. The maximum atomic E-state index is 12.2. The second kappa shape index (κ2) is 7.94. The number of rotatable bonds is 6. The molecule has 2 atom stereocenters. The van der Waals surface area contributed by atoms with Crippen LogP contribution in [-0.4, -0.2) is 39.4 Å². The van der Waals surface area contributed by atoms with Gasteiger partial charge in [-0.15, -0.1) is 0 Å². The molecule has 3 heterocycles. The molecule has 2 aromatic rings. The summed E-state index contributed by atoms with van der Waals surface area (Å²) in [5.41, 5.74) is 2.35. The Kier molecular flexibility index (Phi) is 5.45. The number of nitrogens with zero attached hydrogens (tertiary/aromatic N) is 3. The molecule has 1 fully saturated rings. The Bertz CT molecular complexity index is 749. The van der Waals surface area contributed by atoms with Crippen molar-refractivity contribution in [3.8, 4) is 0 Å². The number of anilines is 2. The van der Waals surface area contributed by atoms with Gasteiger partial charge in [-0.1, -0.05) is 0 Å². The highest BCUT2D eigenvalue weighted by molar-refractivity contribution is 6.03. The van der Waals surface area contributed by atoms with Crippen LogP contribution in [0.3, 0.4) is 0 Å². The average molecular weight is 341 g/mol. The smallest absolute Gasteiger partial charge is 0.248 e. The van der Waals surface area contributed by atoms with Crippen molar-refractivity contribution in [3.63, 3.8) is 0 Å². The summed E-state index contributed by atoms with van der Waals surface area (Å²) in [6.07, 6.45) is 12.4. The lowest BCUT2D eigenvalue weighted by Gasteiger charge is -2.22. The summed E-state index contributed by atoms with van der Waals surface area (Å²) >= 11 is 0. The van der Waals surface area contributed by atoms with Crippen molar-refractivity contribution in [1.29, 1.82) is 0 Å². The zero-order chi connectivity index (χ0) is 17.6. The molecule has 0 aromatic carbocycles. The molecule has 0 unspecified atom stereocenters. The van der Waals surface area contributed by atoms with E-state index in [1.54, 1.807) is 29.3 Å². The van der Waals surface area contributed by atoms with E-state index in [0.29, 0.717) is 5.69 Å². The lowest BCUT2D eigenvalue weighted by molar-refractivity contribution is -0.111. The minimum Gasteiger partial charge on any atom is -0.378 e. The summed E-state index contributed by atoms with van der Waals surface area (Å²) in [5, 5.41) is 10.3. The highest BCUT2D eigenvalue weighted by atomic mass is 16.5. The van der Waals surface area contributed by atoms with E-state index in [0.717, 1.165) is 30.7 Å². The van der Waals surface area contributed by atoms with Gasteiger partial charge in [-0.25, -0.2) is 0 Å². The van der Waals surface area contributed by atoms with Crippen molar-refractivity contribution < 1.29 is 9.53 Å². The lowest BCUT2D eigenvalue weighted by Crippen LogP contribution is -2.30. The molecular weight excluding hydrogens is 318 g/mol. The number of pyridine rings is 1. The molecule has 1 saturated heterocycles. The van der Waals surface area contributed by atoms with Crippen molar-refractivity contribution in [3.05, 3.63) is 42.5 Å². The third kappa shape index (κ3) is 4.67. The Morgan fingerprint density at radius 1 is 1.44 bits per heavy atom. The van der Waals surface area contributed by atoms with E-state index in [9.17, 15) is 4.79 Å². The number of carbonyl (C=O) groups excluding carboxylic acids is 1. The third-order valence-corrected chi connectivity index (χ3v) is 4.14. The number of hydrogen-bond donors (Lipinski definition) is 2. The summed E-state index contributed by atoms with van der Waals surface area (Å²) in [4.78, 5) is 16.3. The molecule has 0 aliphatic carbocycles. The molecule has 0 saturated carbocycles. The first kappa shape index (κ1) is 17.2. The van der Waals surface area contributed by atoms with Gasteiger partial charge in [-0.05, 0) is 31.9 Å². The molecule has 1 aliphatic heterocycles. The van der Waals surface area contributed by atoms with Crippen molar-refractivity contribution in [2.24, 2.45) is 7.05 Å². The van der Waals surface area contributed by atoms with Gasteiger partial charge in [0.2, 0.25) is 5.91 Å². The fraction of sp³-hybridized carbons (Fsp3) is 0.389. The quantitative estimate of drug-likeness (QED) is 0.789. The molecule has 0 radical (unpaired) electrons. The Hall–Kier alpha value is -2.67. The first-order chi connectivity index (χ1) is 12.1. The van der Waals surface area contributed by atoms with Crippen LogP contribution in [-0.2, 0) is 16.6 Å². The molecule has 2 aromatic heterocycles. The van der Waals surface area contributed by atoms with Crippen LogP contribution in [0.5, 0.6) is 0 Å². The average Bonchev–Trinajstić information content (AvgIpc) is 3.26. The Morgan fingerprint density at radius 3 is 3.04 bits per heavy atom. The summed E-state index contributed by atoms with van der Waals surface area (Å²) in [6, 6.07) is 2.01. The molecule has 7 nitrogen and oxygen atoms in total. The summed E-state index contributed by atoms with van der Waals surface area (Å²) in [5.74, 6) is -0.218. The monoisotopic (exact) mass is 341 g/mol. The van der Waals surface area contributed by atoms with E-state index in [1.165, 1.54) is 6.08 Å². The highest BCUT2D eigenvalue weighted by Crippen LogP contribution is 2.24. The van der Waals surface area contributed by atoms with Crippen LogP contribution in [0.15, 0.2) is 36.9 Å². The van der Waals surface area contributed by atoms with Gasteiger partial charge in [0, 0.05) is 43.7 Å². The van der Waals surface area contributed by atoms with E-state index in [-0.39, 0.29) is 18.1 Å². The fourth-order valence-corrected chi connectivity index (χ4v) is 2.83. The molecule has 2 N–H and O–H groups in total. The van der Waals surface area contributed by atoms with Crippen LogP contribution in [0, 0.1) is 0 Å². The number of carbonyl (C=O) groups is 1. The van der Waals surface area contributed by atoms with Gasteiger partial charge in [-0.2, -0.15) is 5.10 Å². The van der Waals surface area contributed by atoms with Gasteiger partial charge in [0.15, 0.2) is 0 Å². The fourth-order valence-electron chi connectivity index (χ4n) is 2.83. The van der Waals surface area contributed by atoms with Crippen molar-refractivity contribution >= 4 is 23.4 Å². The summed E-state index contributed by atoms with van der Waals surface area (Å²) in [7, 11) is 1.83. The first-order valence-electron chi connectivity index (χ1n) is 8.41. The van der Waals surface area contributed by atoms with Gasteiger partial charge < -0.3 is 15.4 Å². The maximum absolute atomic E-state index is 12.2. The van der Waals surface area contributed by atoms with E-state index >= 15 is 0 Å². The number of nitrogens with one attached hydrogen (secondary N) is 2. The van der Waals surface area contributed by atoms with E-state index in [4.69, 9.17) is 4.74 Å². The Labute approximate surface area is 147 Å². The lowest BCUT2D eigenvalue weighted by atomic mass is 10.1. The summed E-state index contributed by atoms with van der Waals surface area (Å²) in [6.45, 7) is 2.90. The molecule has 25 heavy (non-hydrogen) atoms. The normalized spacial score (nSPS) is 18.4. The van der Waals surface area contributed by atoms with E-state index in [1.807, 2.05) is 19.3 Å². The second-order valence-corrected chi connectivity index (χ2v) is 6.18. The first-order valence-corrected chi connectivity index (χ1v) is 8.41. The second-order valence-electron chi connectivity index (χ2n) is 6.18. The highest BCUT2D eigenvalue weighted by Gasteiger charge is 2.22. The van der Waals surface area contributed by atoms with Crippen molar-refractivity contribution in [2.75, 3.05) is 17.2 Å². The van der Waals surface area contributed by atoms with Gasteiger partial charge >= 0.3 is 0 Å². The molecule has 7 heteroatoms. The van der Waals surface area contributed by atoms with Crippen LogP contribution < -0.4 is 10.6 Å². The maximum Gasteiger partial charge on any atom is 0.248 e. The number of aromatic nitrogens is 3. The molecule has 132 valence electrons. The largest absolute Gasteiger partial charge is 0.378 e. The van der Waals surface area contributed by atoms with Gasteiger partial charge in [0.25, 0.3) is 0 Å². The number of amides is 1. The summed E-state index contributed by atoms with van der Waals surface area (Å²) < 4.78 is 7.40. The minimum atomic E-state index is -0.218. The molecule has 1 aliphatic rings. The van der Waals surface area contributed by atoms with Crippen molar-refractivity contribution in [2.45, 2.75) is 31.9 Å². The van der Waals surface area contributed by atoms with E-state index < -0.39 is 0 Å². The predicted molar refractivity (Wildman–Crippen MR) is 97.2 cm³/mol. The van der Waals surface area contributed by atoms with Crippen LogP contribution in [0.1, 0.15) is 25.3 Å². The van der Waals surface area contributed by atoms with Crippen LogP contribution in [0.4, 0.5) is 11.4 Å². The Balaban J connectivity index is 1.63. The third-order valence-electron chi connectivity index (χ3n) is 4.14. The van der Waals surface area contributed by atoms with Gasteiger partial charge in [-0.3, -0.25) is 14.5 Å². The van der Waals surface area contributed by atoms with Gasteiger partial charge in [0.1, 0.15) is 0 Å². The van der Waals surface area contributed by atoms with Crippen LogP contribution in [0.25, 0.3) is 6.08 Å². The number of ether oxygens (including phenoxy) is 1.